The summed E-state index contributed by atoms with van der Waals surface area (Å²) in [6.45, 7) is 0. The van der Waals surface area contributed by atoms with Crippen LogP contribution < -0.4 is 5.73 Å². The van der Waals surface area contributed by atoms with E-state index >= 15 is 0 Å². The maximum atomic E-state index is 11.3. The molecule has 1 aliphatic rings. The van der Waals surface area contributed by atoms with Crippen molar-refractivity contribution in [2.45, 2.75) is 44.4 Å². The number of carbonyl (C=O) groups is 1. The summed E-state index contributed by atoms with van der Waals surface area (Å²) < 4.78 is 1.84. The van der Waals surface area contributed by atoms with Gasteiger partial charge in [0.05, 0.1) is 0 Å². The van der Waals surface area contributed by atoms with E-state index in [1.54, 1.807) is 18.2 Å². The van der Waals surface area contributed by atoms with Crippen LogP contribution >= 0.6 is 0 Å². The van der Waals surface area contributed by atoms with Gasteiger partial charge in [0.25, 0.3) is 0 Å². The monoisotopic (exact) mass is 366 g/mol. The number of hydrogen-bond acceptors (Lipinski definition) is 5. The van der Waals surface area contributed by atoms with E-state index in [0.29, 0.717) is 23.7 Å². The number of phenols is 1. The van der Waals surface area contributed by atoms with Crippen LogP contribution in [0.1, 0.15) is 49.3 Å². The highest BCUT2D eigenvalue weighted by atomic mass is 16.4. The van der Waals surface area contributed by atoms with Gasteiger partial charge in [-0.15, -0.1) is 0 Å². The quantitative estimate of drug-likeness (QED) is 0.638. The van der Waals surface area contributed by atoms with Crippen LogP contribution in [0.25, 0.3) is 16.6 Å². The molecular formula is C20H22N4O3. The Bertz CT molecular complexity index is 1010. The molecule has 0 spiro atoms. The van der Waals surface area contributed by atoms with Crippen LogP contribution in [0.2, 0.25) is 0 Å². The minimum absolute atomic E-state index is 0.0236. The number of aromatic hydroxyl groups is 1. The molecule has 0 unspecified atom stereocenters. The number of hydrogen-bond donors (Lipinski definition) is 3. The second kappa shape index (κ2) is 6.90. The van der Waals surface area contributed by atoms with E-state index in [1.165, 1.54) is 6.33 Å². The molecule has 0 atom stereocenters. The molecule has 0 radical (unpaired) electrons. The van der Waals surface area contributed by atoms with E-state index in [1.807, 2.05) is 10.6 Å². The Morgan fingerprint density at radius 2 is 2.07 bits per heavy atom. The zero-order valence-electron chi connectivity index (χ0n) is 14.9. The van der Waals surface area contributed by atoms with Crippen molar-refractivity contribution in [3.8, 4) is 16.9 Å². The number of nitrogens with zero attached hydrogens (tertiary/aromatic N) is 3. The van der Waals surface area contributed by atoms with Crippen molar-refractivity contribution < 1.29 is 15.0 Å². The van der Waals surface area contributed by atoms with Crippen molar-refractivity contribution in [3.05, 3.63) is 41.9 Å². The van der Waals surface area contributed by atoms with E-state index in [9.17, 15) is 15.0 Å². The molecule has 1 saturated carbocycles. The van der Waals surface area contributed by atoms with Crippen LogP contribution in [0.15, 0.2) is 30.6 Å². The van der Waals surface area contributed by atoms with E-state index in [2.05, 4.69) is 10.1 Å². The number of anilines is 1. The summed E-state index contributed by atoms with van der Waals surface area (Å²) in [6.07, 6.45) is 6.25. The van der Waals surface area contributed by atoms with Crippen molar-refractivity contribution >= 4 is 17.3 Å². The van der Waals surface area contributed by atoms with Crippen LogP contribution in [0.5, 0.6) is 5.75 Å². The van der Waals surface area contributed by atoms with Crippen molar-refractivity contribution in [2.75, 3.05) is 5.73 Å². The molecule has 2 heterocycles. The van der Waals surface area contributed by atoms with Crippen LogP contribution in [-0.2, 0) is 11.2 Å². The Hall–Kier alpha value is -3.09. The number of benzene rings is 1. The van der Waals surface area contributed by atoms with E-state index in [-0.39, 0.29) is 12.2 Å². The van der Waals surface area contributed by atoms with Gasteiger partial charge in [-0.25, -0.2) is 9.50 Å². The summed E-state index contributed by atoms with van der Waals surface area (Å²) in [5, 5.41) is 23.7. The molecule has 4 N–H and O–H groups in total. The Kier molecular flexibility index (Phi) is 4.43. The zero-order valence-corrected chi connectivity index (χ0v) is 14.9. The standard InChI is InChI=1S/C20H22N4O3/c21-20-19-17(13-6-3-7-14(25)10-13)15(8-9-16(26)27)18(12-4-1-2-5-12)24(19)23-11-22-20/h3,6-7,10-12,25H,1-2,4-5,8-9H2,(H,26,27)(H2,21,22,23). The van der Waals surface area contributed by atoms with E-state index in [0.717, 1.165) is 48.1 Å². The maximum absolute atomic E-state index is 11.3. The summed E-state index contributed by atoms with van der Waals surface area (Å²) in [6, 6.07) is 6.94. The fraction of sp³-hybridized carbons (Fsp3) is 0.350. The molecule has 1 aliphatic carbocycles. The fourth-order valence-corrected chi connectivity index (χ4v) is 4.26. The zero-order chi connectivity index (χ0) is 19.0. The lowest BCUT2D eigenvalue weighted by Crippen LogP contribution is -2.07. The molecule has 2 aromatic heterocycles. The van der Waals surface area contributed by atoms with Crippen molar-refractivity contribution in [2.24, 2.45) is 0 Å². The SMILES string of the molecule is Nc1ncnn2c(C3CCCC3)c(CCC(=O)O)c(-c3cccc(O)c3)c12. The van der Waals surface area contributed by atoms with Gasteiger partial charge >= 0.3 is 5.97 Å². The number of rotatable bonds is 5. The summed E-state index contributed by atoms with van der Waals surface area (Å²) >= 11 is 0. The first kappa shape index (κ1) is 17.3. The van der Waals surface area contributed by atoms with Crippen molar-refractivity contribution in [1.82, 2.24) is 14.6 Å². The highest BCUT2D eigenvalue weighted by molar-refractivity contribution is 5.91. The highest BCUT2D eigenvalue weighted by Crippen LogP contribution is 2.43. The van der Waals surface area contributed by atoms with Crippen molar-refractivity contribution in [3.63, 3.8) is 0 Å². The predicted octanol–water partition coefficient (Wildman–Crippen LogP) is 3.36. The molecule has 7 heteroatoms. The van der Waals surface area contributed by atoms with E-state index in [4.69, 9.17) is 5.73 Å². The number of aliphatic carboxylic acids is 1. The Morgan fingerprint density at radius 1 is 1.30 bits per heavy atom. The van der Waals surface area contributed by atoms with Gasteiger partial charge in [0.2, 0.25) is 0 Å². The van der Waals surface area contributed by atoms with Gasteiger partial charge in [-0.1, -0.05) is 25.0 Å². The lowest BCUT2D eigenvalue weighted by molar-refractivity contribution is -0.136. The molecule has 0 saturated heterocycles. The summed E-state index contributed by atoms with van der Waals surface area (Å²) in [5.74, 6) is -0.0248. The first-order valence-electron chi connectivity index (χ1n) is 9.21. The van der Waals surface area contributed by atoms with E-state index < -0.39 is 5.97 Å². The average molecular weight is 366 g/mol. The second-order valence-corrected chi connectivity index (χ2v) is 7.07. The molecule has 4 rings (SSSR count). The van der Waals surface area contributed by atoms with Gasteiger partial charge in [-0.2, -0.15) is 5.10 Å². The number of carboxylic acid groups (broad SMARTS) is 1. The number of phenolic OH excluding ortho intramolecular Hbond substituents is 1. The third kappa shape index (κ3) is 3.09. The molecule has 0 aliphatic heterocycles. The number of fused-ring (bicyclic) bond motifs is 1. The lowest BCUT2D eigenvalue weighted by atomic mass is 9.92. The maximum Gasteiger partial charge on any atom is 0.303 e. The third-order valence-corrected chi connectivity index (χ3v) is 5.36. The van der Waals surface area contributed by atoms with Crippen LogP contribution in [0.3, 0.4) is 0 Å². The van der Waals surface area contributed by atoms with Gasteiger partial charge in [0, 0.05) is 23.6 Å². The number of nitrogens with two attached hydrogens (primary N) is 1. The number of carboxylic acids is 1. The molecule has 3 aromatic rings. The first-order valence-corrected chi connectivity index (χ1v) is 9.21. The van der Waals surface area contributed by atoms with Gasteiger partial charge < -0.3 is 15.9 Å². The normalized spacial score (nSPS) is 14.8. The minimum Gasteiger partial charge on any atom is -0.508 e. The molecule has 7 nitrogen and oxygen atoms in total. The van der Waals surface area contributed by atoms with Gasteiger partial charge in [0.1, 0.15) is 17.6 Å². The molecule has 1 aromatic carbocycles. The van der Waals surface area contributed by atoms with Crippen LogP contribution in [0, 0.1) is 0 Å². The van der Waals surface area contributed by atoms with Gasteiger partial charge in [0.15, 0.2) is 5.82 Å². The first-order chi connectivity index (χ1) is 13.1. The van der Waals surface area contributed by atoms with Gasteiger partial charge in [-0.05, 0) is 42.5 Å². The Labute approximate surface area is 156 Å². The van der Waals surface area contributed by atoms with Crippen LogP contribution in [-0.4, -0.2) is 30.8 Å². The van der Waals surface area contributed by atoms with Crippen molar-refractivity contribution in [1.29, 1.82) is 0 Å². The molecule has 0 bridgehead atoms. The third-order valence-electron chi connectivity index (χ3n) is 5.36. The Morgan fingerprint density at radius 3 is 2.78 bits per heavy atom. The summed E-state index contributed by atoms with van der Waals surface area (Å²) in [5.41, 5.74) is 10.5. The average Bonchev–Trinajstić information content (AvgIpc) is 3.25. The lowest BCUT2D eigenvalue weighted by Gasteiger charge is -2.13. The van der Waals surface area contributed by atoms with Crippen LogP contribution in [0.4, 0.5) is 5.82 Å². The Balaban J connectivity index is 2.03. The number of aromatic nitrogens is 3. The molecular weight excluding hydrogens is 344 g/mol. The molecule has 140 valence electrons. The molecule has 1 fully saturated rings. The fourth-order valence-electron chi connectivity index (χ4n) is 4.26. The molecule has 27 heavy (non-hydrogen) atoms. The molecule has 0 amide bonds. The smallest absolute Gasteiger partial charge is 0.303 e. The largest absolute Gasteiger partial charge is 0.508 e. The summed E-state index contributed by atoms with van der Waals surface area (Å²) in [7, 11) is 0. The van der Waals surface area contributed by atoms with Gasteiger partial charge in [-0.3, -0.25) is 4.79 Å². The topological polar surface area (TPSA) is 114 Å². The second-order valence-electron chi connectivity index (χ2n) is 7.07. The number of nitrogen functional groups attached to an aromatic ring is 1. The minimum atomic E-state index is -0.844. The summed E-state index contributed by atoms with van der Waals surface area (Å²) in [4.78, 5) is 15.4. The highest BCUT2D eigenvalue weighted by Gasteiger charge is 2.29. The predicted molar refractivity (Wildman–Crippen MR) is 102 cm³/mol.